The van der Waals surface area contributed by atoms with Crippen LogP contribution in [0.5, 0.6) is 0 Å². The average molecular weight is 517 g/mol. The first kappa shape index (κ1) is 24.4. The van der Waals surface area contributed by atoms with Gasteiger partial charge in [0.1, 0.15) is 11.3 Å². The summed E-state index contributed by atoms with van der Waals surface area (Å²) < 4.78 is 9.49. The lowest BCUT2D eigenvalue weighted by molar-refractivity contribution is -0.146. The summed E-state index contributed by atoms with van der Waals surface area (Å²) in [6.45, 7) is 3.25. The van der Waals surface area contributed by atoms with Crippen molar-refractivity contribution >= 4 is 45.1 Å². The van der Waals surface area contributed by atoms with E-state index in [4.69, 9.17) is 10.5 Å². The first-order valence-corrected chi connectivity index (χ1v) is 13.2. The maximum atomic E-state index is 13.7. The number of carbonyl (C=O) groups is 2. The predicted molar refractivity (Wildman–Crippen MR) is 143 cm³/mol. The van der Waals surface area contributed by atoms with Gasteiger partial charge in [-0.3, -0.25) is 14.3 Å². The maximum Gasteiger partial charge on any atom is 0.314 e. The molecule has 0 aliphatic carbocycles. The number of fused-ring (bicyclic) bond motifs is 2. The lowest BCUT2D eigenvalue weighted by atomic mass is 9.88. The summed E-state index contributed by atoms with van der Waals surface area (Å²) in [7, 11) is 1.90. The molecule has 1 aromatic carbocycles. The summed E-state index contributed by atoms with van der Waals surface area (Å²) in [5.74, 6) is -0.702. The highest BCUT2D eigenvalue weighted by Crippen LogP contribution is 2.37. The molecule has 3 aromatic heterocycles. The number of rotatable bonds is 3. The van der Waals surface area contributed by atoms with E-state index in [-0.39, 0.29) is 18.2 Å². The van der Waals surface area contributed by atoms with Crippen molar-refractivity contribution in [3.63, 3.8) is 0 Å². The number of nitrogen functional groups attached to an aromatic ring is 1. The Kier molecular flexibility index (Phi) is 6.22. The molecule has 3 atom stereocenters. The van der Waals surface area contributed by atoms with Crippen LogP contribution in [0.25, 0.3) is 21.8 Å². The highest BCUT2D eigenvalue weighted by Gasteiger charge is 2.35. The van der Waals surface area contributed by atoms with Crippen LogP contribution in [0.15, 0.2) is 36.8 Å². The maximum absolute atomic E-state index is 13.7. The fourth-order valence-corrected chi connectivity index (χ4v) is 5.81. The number of nitrogens with two attached hydrogens (primary N) is 1. The van der Waals surface area contributed by atoms with E-state index in [1.54, 1.807) is 15.8 Å². The SMILES string of the molecule is C[C@H]1CC[C@H](c2cccc3c2cnn3C)N(C(=O)C(=O)Nc2cnc(N)c3cnn(C4CCCCO4)c23)C1. The number of nitrogens with zero attached hydrogens (tertiary/aromatic N) is 6. The summed E-state index contributed by atoms with van der Waals surface area (Å²) in [6.07, 6.45) is 9.24. The van der Waals surface area contributed by atoms with E-state index in [1.165, 1.54) is 6.20 Å². The number of pyridine rings is 1. The molecule has 4 aromatic rings. The third kappa shape index (κ3) is 4.16. The molecular formula is C27H32N8O3. The van der Waals surface area contributed by atoms with Crippen molar-refractivity contribution in [1.29, 1.82) is 0 Å². The molecule has 0 bridgehead atoms. The van der Waals surface area contributed by atoms with Crippen LogP contribution >= 0.6 is 0 Å². The minimum atomic E-state index is -0.715. The first-order valence-electron chi connectivity index (χ1n) is 13.2. The van der Waals surface area contributed by atoms with Crippen molar-refractivity contribution in [3.8, 4) is 0 Å². The largest absolute Gasteiger partial charge is 0.383 e. The van der Waals surface area contributed by atoms with Gasteiger partial charge in [-0.15, -0.1) is 0 Å². The van der Waals surface area contributed by atoms with Crippen molar-refractivity contribution in [2.75, 3.05) is 24.2 Å². The third-order valence-electron chi connectivity index (χ3n) is 7.79. The Balaban J connectivity index is 1.32. The number of ether oxygens (including phenoxy) is 1. The van der Waals surface area contributed by atoms with E-state index >= 15 is 0 Å². The van der Waals surface area contributed by atoms with E-state index in [1.807, 2.05) is 36.1 Å². The lowest BCUT2D eigenvalue weighted by Gasteiger charge is -2.38. The molecule has 6 rings (SSSR count). The Morgan fingerprint density at radius 2 is 1.92 bits per heavy atom. The molecule has 2 saturated heterocycles. The second kappa shape index (κ2) is 9.71. The van der Waals surface area contributed by atoms with Crippen molar-refractivity contribution in [1.82, 2.24) is 29.4 Å². The summed E-state index contributed by atoms with van der Waals surface area (Å²) >= 11 is 0. The minimum absolute atomic E-state index is 0.219. The van der Waals surface area contributed by atoms with Crippen molar-refractivity contribution in [2.45, 2.75) is 51.3 Å². The van der Waals surface area contributed by atoms with Gasteiger partial charge in [-0.25, -0.2) is 9.67 Å². The number of hydrogen-bond donors (Lipinski definition) is 2. The van der Waals surface area contributed by atoms with Crippen molar-refractivity contribution in [3.05, 3.63) is 42.4 Å². The van der Waals surface area contributed by atoms with Gasteiger partial charge in [-0.2, -0.15) is 10.2 Å². The average Bonchev–Trinajstić information content (AvgIpc) is 3.55. The van der Waals surface area contributed by atoms with E-state index in [0.717, 1.165) is 48.6 Å². The number of likely N-dealkylation sites (tertiary alicyclic amines) is 1. The Hall–Kier alpha value is -3.99. The number of anilines is 2. The first-order chi connectivity index (χ1) is 18.4. The minimum Gasteiger partial charge on any atom is -0.383 e. The number of amides is 2. The topological polar surface area (TPSA) is 133 Å². The Morgan fingerprint density at radius 1 is 1.08 bits per heavy atom. The number of nitrogens with one attached hydrogen (secondary N) is 1. The van der Waals surface area contributed by atoms with E-state index in [9.17, 15) is 9.59 Å². The van der Waals surface area contributed by atoms with Crippen molar-refractivity contribution in [2.24, 2.45) is 13.0 Å². The molecule has 0 radical (unpaired) electrons. The summed E-state index contributed by atoms with van der Waals surface area (Å²) in [6, 6.07) is 5.79. The van der Waals surface area contributed by atoms with Gasteiger partial charge in [0.25, 0.3) is 0 Å². The zero-order chi connectivity index (χ0) is 26.4. The normalized spacial score (nSPS) is 22.2. The highest BCUT2D eigenvalue weighted by atomic mass is 16.5. The van der Waals surface area contributed by atoms with Crippen LogP contribution in [0.4, 0.5) is 11.5 Å². The number of carbonyl (C=O) groups excluding carboxylic acids is 2. The van der Waals surface area contributed by atoms with Gasteiger partial charge < -0.3 is 20.7 Å². The molecular weight excluding hydrogens is 484 g/mol. The van der Waals surface area contributed by atoms with Gasteiger partial charge in [0.15, 0.2) is 6.23 Å². The number of benzene rings is 1. The summed E-state index contributed by atoms with van der Waals surface area (Å²) in [4.78, 5) is 33.1. The number of piperidine rings is 1. The third-order valence-corrected chi connectivity index (χ3v) is 7.79. The molecule has 198 valence electrons. The van der Waals surface area contributed by atoms with Crippen LogP contribution in [0.3, 0.4) is 0 Å². The summed E-state index contributed by atoms with van der Waals surface area (Å²) in [5.41, 5.74) is 9.11. The molecule has 5 heterocycles. The van der Waals surface area contributed by atoms with E-state index < -0.39 is 11.8 Å². The fraction of sp³-hybridized carbons (Fsp3) is 0.444. The molecule has 11 nitrogen and oxygen atoms in total. The van der Waals surface area contributed by atoms with Gasteiger partial charge in [-0.05, 0) is 49.7 Å². The van der Waals surface area contributed by atoms with Gasteiger partial charge in [-0.1, -0.05) is 19.1 Å². The van der Waals surface area contributed by atoms with Crippen LogP contribution in [-0.2, 0) is 21.4 Å². The Labute approximate surface area is 219 Å². The van der Waals surface area contributed by atoms with Crippen LogP contribution in [0.1, 0.15) is 56.9 Å². The second-order valence-corrected chi connectivity index (χ2v) is 10.4. The van der Waals surface area contributed by atoms with Crippen LogP contribution < -0.4 is 11.1 Å². The zero-order valence-electron chi connectivity index (χ0n) is 21.6. The zero-order valence-corrected chi connectivity index (χ0v) is 21.6. The predicted octanol–water partition coefficient (Wildman–Crippen LogP) is 3.54. The Morgan fingerprint density at radius 3 is 2.74 bits per heavy atom. The molecule has 1 unspecified atom stereocenters. The smallest absolute Gasteiger partial charge is 0.314 e. The van der Waals surface area contributed by atoms with Crippen LogP contribution in [0.2, 0.25) is 0 Å². The highest BCUT2D eigenvalue weighted by molar-refractivity contribution is 6.40. The number of aromatic nitrogens is 5. The summed E-state index contributed by atoms with van der Waals surface area (Å²) in [5, 5.41) is 13.3. The molecule has 0 saturated carbocycles. The Bertz CT molecular complexity index is 1520. The number of hydrogen-bond acceptors (Lipinski definition) is 7. The fourth-order valence-electron chi connectivity index (χ4n) is 5.81. The number of aryl methyl sites for hydroxylation is 1. The second-order valence-electron chi connectivity index (χ2n) is 10.4. The molecule has 2 fully saturated rings. The van der Waals surface area contributed by atoms with Crippen molar-refractivity contribution < 1.29 is 14.3 Å². The molecule has 3 N–H and O–H groups in total. The van der Waals surface area contributed by atoms with Gasteiger partial charge in [0.05, 0.1) is 41.2 Å². The van der Waals surface area contributed by atoms with Crippen LogP contribution in [-0.4, -0.2) is 54.4 Å². The van der Waals surface area contributed by atoms with E-state index in [2.05, 4.69) is 27.4 Å². The molecule has 38 heavy (non-hydrogen) atoms. The molecule has 2 amide bonds. The van der Waals surface area contributed by atoms with E-state index in [0.29, 0.717) is 35.6 Å². The lowest BCUT2D eigenvalue weighted by Crippen LogP contribution is -2.46. The quantitative estimate of drug-likeness (QED) is 0.398. The molecule has 2 aliphatic heterocycles. The molecule has 11 heteroatoms. The van der Waals surface area contributed by atoms with Gasteiger partial charge in [0, 0.05) is 25.6 Å². The monoisotopic (exact) mass is 516 g/mol. The molecule has 2 aliphatic rings. The molecule has 0 spiro atoms. The van der Waals surface area contributed by atoms with Gasteiger partial charge in [0.2, 0.25) is 0 Å². The van der Waals surface area contributed by atoms with Gasteiger partial charge >= 0.3 is 11.8 Å². The van der Waals surface area contributed by atoms with Crippen LogP contribution in [0, 0.1) is 5.92 Å². The standard InChI is InChI=1S/C27H32N8O3/c1-16-9-10-22(17-6-5-7-21-18(17)12-30-33(21)2)34(15-16)27(37)26(36)32-20-14-29-25(28)19-13-31-35(24(19)20)23-8-3-4-11-38-23/h5-7,12-14,16,22-23H,3-4,8-11,15H2,1-2H3,(H2,28,29)(H,32,36)/t16-,22+,23?/m0/s1.